The molecule has 2 atom stereocenters. The number of aliphatic hydroxyl groups is 2. The number of Topliss-reactive ketones (excluding diaryl/α,β-unsaturated/α-hetero) is 1. The molecule has 1 aliphatic rings. The summed E-state index contributed by atoms with van der Waals surface area (Å²) >= 11 is 0. The van der Waals surface area contributed by atoms with Gasteiger partial charge in [-0.05, 0) is 32.1 Å². The molecule has 0 saturated heterocycles. The van der Waals surface area contributed by atoms with Gasteiger partial charge in [0.1, 0.15) is 31.5 Å². The van der Waals surface area contributed by atoms with E-state index < -0.39 is 22.0 Å². The van der Waals surface area contributed by atoms with E-state index in [2.05, 4.69) is 24.1 Å². The van der Waals surface area contributed by atoms with Crippen LogP contribution in [0.3, 0.4) is 0 Å². The largest absolute Gasteiger partial charge is 0.390 e. The van der Waals surface area contributed by atoms with Gasteiger partial charge in [0.15, 0.2) is 0 Å². The first-order valence-electron chi connectivity index (χ1n) is 11.1. The van der Waals surface area contributed by atoms with Gasteiger partial charge < -0.3 is 10.2 Å². The van der Waals surface area contributed by atoms with Gasteiger partial charge in [-0.25, -0.2) is 4.99 Å². The first-order valence-corrected chi connectivity index (χ1v) is 12.7. The number of rotatable bonds is 17. The van der Waals surface area contributed by atoms with Gasteiger partial charge >= 0.3 is 0 Å². The highest BCUT2D eigenvalue weighted by Gasteiger charge is 2.43. The van der Waals surface area contributed by atoms with Crippen molar-refractivity contribution in [2.75, 3.05) is 38.5 Å². The van der Waals surface area contributed by atoms with Gasteiger partial charge in [-0.15, -0.1) is 0 Å². The second-order valence-corrected chi connectivity index (χ2v) is 9.59. The van der Waals surface area contributed by atoms with Gasteiger partial charge in [-0.3, -0.25) is 13.8 Å². The lowest BCUT2D eigenvalue weighted by Crippen LogP contribution is -2.59. The highest BCUT2D eigenvalue weighted by molar-refractivity contribution is 7.85. The molecule has 0 spiro atoms. The second kappa shape index (κ2) is 14.0. The molecule has 30 heavy (non-hydrogen) atoms. The van der Waals surface area contributed by atoms with E-state index >= 15 is 0 Å². The maximum atomic E-state index is 12.7. The molecule has 0 saturated carbocycles. The topological polar surface area (TPSA) is 124 Å². The van der Waals surface area contributed by atoms with Gasteiger partial charge in [-0.1, -0.05) is 38.3 Å². The predicted molar refractivity (Wildman–Crippen MR) is 118 cm³/mol. The summed E-state index contributed by atoms with van der Waals surface area (Å²) in [7, 11) is -4.33. The fourth-order valence-corrected chi connectivity index (χ4v) is 4.51. The minimum absolute atomic E-state index is 0.0352. The quantitative estimate of drug-likeness (QED) is 0.136. The Morgan fingerprint density at radius 2 is 1.83 bits per heavy atom. The third-order valence-corrected chi connectivity index (χ3v) is 6.20. The molecule has 0 amide bonds. The molecule has 0 fully saturated rings. The number of aliphatic imine (C=N–C) groups is 1. The number of quaternary nitrogens is 1. The molecular formula is C21H39N2O6S+. The molecule has 0 aromatic rings. The molecule has 0 aromatic heterocycles. The highest BCUT2D eigenvalue weighted by Crippen LogP contribution is 2.20. The number of allylic oxidation sites excluding steroid dienone is 2. The zero-order valence-electron chi connectivity index (χ0n) is 18.2. The minimum atomic E-state index is -4.33. The zero-order chi connectivity index (χ0) is 22.5. The van der Waals surface area contributed by atoms with Crippen molar-refractivity contribution in [1.29, 1.82) is 0 Å². The van der Waals surface area contributed by atoms with Gasteiger partial charge in [0.05, 0.1) is 13.2 Å². The molecule has 0 radical (unpaired) electrons. The Hall–Kier alpha value is -1.13. The van der Waals surface area contributed by atoms with Crippen LogP contribution in [-0.4, -0.2) is 83.9 Å². The van der Waals surface area contributed by atoms with E-state index in [1.165, 1.54) is 19.3 Å². The van der Waals surface area contributed by atoms with Crippen molar-refractivity contribution in [1.82, 2.24) is 0 Å². The van der Waals surface area contributed by atoms with Crippen LogP contribution in [-0.2, 0) is 14.9 Å². The van der Waals surface area contributed by atoms with E-state index in [0.717, 1.165) is 32.1 Å². The summed E-state index contributed by atoms with van der Waals surface area (Å²) < 4.78 is 31.0. The van der Waals surface area contributed by atoms with Crippen LogP contribution in [0, 0.1) is 0 Å². The molecule has 0 aromatic carbocycles. The van der Waals surface area contributed by atoms with Crippen molar-refractivity contribution in [2.24, 2.45) is 4.99 Å². The van der Waals surface area contributed by atoms with Crippen molar-refractivity contribution in [2.45, 2.75) is 70.8 Å². The van der Waals surface area contributed by atoms with Crippen molar-refractivity contribution in [3.05, 3.63) is 12.2 Å². The van der Waals surface area contributed by atoms with Crippen LogP contribution in [0.15, 0.2) is 17.1 Å². The smallest absolute Gasteiger partial charge is 0.267 e. The summed E-state index contributed by atoms with van der Waals surface area (Å²) in [5.74, 6) is -0.615. The highest BCUT2D eigenvalue weighted by atomic mass is 32.2. The number of hydrogen-bond acceptors (Lipinski definition) is 6. The molecule has 1 aliphatic heterocycles. The fraction of sp³-hybridized carbons (Fsp3) is 0.810. The van der Waals surface area contributed by atoms with Gasteiger partial charge in [0, 0.05) is 6.42 Å². The van der Waals surface area contributed by atoms with Crippen LogP contribution in [0.2, 0.25) is 0 Å². The van der Waals surface area contributed by atoms with Gasteiger partial charge in [0.2, 0.25) is 5.78 Å². The zero-order valence-corrected chi connectivity index (χ0v) is 19.0. The molecule has 1 heterocycles. The van der Waals surface area contributed by atoms with Crippen molar-refractivity contribution in [3.63, 3.8) is 0 Å². The Morgan fingerprint density at radius 3 is 2.43 bits per heavy atom. The number of nitrogens with zero attached hydrogens (tertiary/aromatic N) is 2. The summed E-state index contributed by atoms with van der Waals surface area (Å²) in [6.45, 7) is 2.89. The van der Waals surface area contributed by atoms with E-state index in [1.807, 2.05) is 0 Å². The second-order valence-electron chi connectivity index (χ2n) is 8.10. The summed E-state index contributed by atoms with van der Waals surface area (Å²) in [6, 6.07) is 0. The summed E-state index contributed by atoms with van der Waals surface area (Å²) in [5.41, 5.74) is 0. The van der Waals surface area contributed by atoms with Gasteiger partial charge in [0.25, 0.3) is 16.0 Å². The molecule has 2 unspecified atom stereocenters. The average Bonchev–Trinajstić information content (AvgIpc) is 3.04. The summed E-state index contributed by atoms with van der Waals surface area (Å²) in [5, 5.41) is 19.6. The molecule has 174 valence electrons. The lowest BCUT2D eigenvalue weighted by atomic mass is 10.1. The first-order chi connectivity index (χ1) is 14.2. The summed E-state index contributed by atoms with van der Waals surface area (Å²) in [4.78, 5) is 17.1. The van der Waals surface area contributed by atoms with E-state index in [0.29, 0.717) is 25.3 Å². The van der Waals surface area contributed by atoms with E-state index in [4.69, 9.17) is 4.55 Å². The Labute approximate surface area is 181 Å². The molecule has 3 N–H and O–H groups in total. The third kappa shape index (κ3) is 10.3. The normalized spacial score (nSPS) is 20.6. The molecule has 8 nitrogen and oxygen atoms in total. The average molecular weight is 448 g/mol. The van der Waals surface area contributed by atoms with Crippen molar-refractivity contribution < 1.29 is 32.5 Å². The summed E-state index contributed by atoms with van der Waals surface area (Å²) in [6.07, 6.45) is 12.0. The predicted octanol–water partition coefficient (Wildman–Crippen LogP) is 2.11. The SMILES string of the molecule is CCCCC/C=C/CCCCCC(=O)C1=NCC[N+]1(CCO)CC(O)CS(=O)(=O)O. The number of ketones is 1. The third-order valence-electron chi connectivity index (χ3n) is 5.40. The lowest BCUT2D eigenvalue weighted by Gasteiger charge is -2.34. The maximum Gasteiger partial charge on any atom is 0.267 e. The van der Waals surface area contributed by atoms with Crippen molar-refractivity contribution in [3.8, 4) is 0 Å². The molecule has 9 heteroatoms. The van der Waals surface area contributed by atoms with E-state index in [-0.39, 0.29) is 30.0 Å². The Morgan fingerprint density at radius 1 is 1.17 bits per heavy atom. The molecular weight excluding hydrogens is 408 g/mol. The lowest BCUT2D eigenvalue weighted by molar-refractivity contribution is -0.837. The van der Waals surface area contributed by atoms with E-state index in [9.17, 15) is 23.4 Å². The molecule has 1 rings (SSSR count). The van der Waals surface area contributed by atoms with Crippen LogP contribution in [0.4, 0.5) is 0 Å². The van der Waals surface area contributed by atoms with Gasteiger partial charge in [-0.2, -0.15) is 8.42 Å². The number of aliphatic hydroxyl groups excluding tert-OH is 2. The van der Waals surface area contributed by atoms with E-state index in [1.54, 1.807) is 0 Å². The Balaban J connectivity index is 2.48. The number of carbonyl (C=O) groups is 1. The standard InChI is InChI=1S/C21H38N2O6S/c1-2-3-4-5-6-7-8-9-10-11-12-20(26)21-22-13-14-23(21,15-16-24)17-19(25)18-30(27,28)29/h6-7,19,24-25H,2-5,8-18H2,1H3/p+1/b7-6+. The number of unbranched alkanes of at least 4 members (excludes halogenated alkanes) is 6. The van der Waals surface area contributed by atoms with Crippen LogP contribution in [0.5, 0.6) is 0 Å². The molecule has 0 bridgehead atoms. The van der Waals surface area contributed by atoms with Crippen LogP contribution in [0.25, 0.3) is 0 Å². The maximum absolute atomic E-state index is 12.7. The fourth-order valence-electron chi connectivity index (χ4n) is 3.92. The Kier molecular flexibility index (Phi) is 12.6. The monoisotopic (exact) mass is 447 g/mol. The minimum Gasteiger partial charge on any atom is -0.390 e. The number of amidine groups is 1. The van der Waals surface area contributed by atoms with Crippen molar-refractivity contribution >= 4 is 21.7 Å². The molecule has 0 aliphatic carbocycles. The van der Waals surface area contributed by atoms with Crippen LogP contribution in [0.1, 0.15) is 64.7 Å². The van der Waals surface area contributed by atoms with Crippen LogP contribution < -0.4 is 0 Å². The number of hydrogen-bond donors (Lipinski definition) is 3. The first kappa shape index (κ1) is 26.9. The Bertz CT molecular complexity index is 677. The number of carbonyl (C=O) groups excluding carboxylic acids is 1. The van der Waals surface area contributed by atoms with Crippen LogP contribution >= 0.6 is 0 Å².